The summed E-state index contributed by atoms with van der Waals surface area (Å²) in [6.07, 6.45) is 9.47. The summed E-state index contributed by atoms with van der Waals surface area (Å²) in [5.74, 6) is -0.366. The minimum atomic E-state index is -0.789. The van der Waals surface area contributed by atoms with E-state index in [1.807, 2.05) is 62.3 Å². The van der Waals surface area contributed by atoms with Gasteiger partial charge in [0.05, 0.1) is 52.9 Å². The molecule has 67 heavy (non-hydrogen) atoms. The van der Waals surface area contributed by atoms with Crippen LogP contribution in [0.2, 0.25) is 0 Å². The van der Waals surface area contributed by atoms with Crippen LogP contribution in [-0.4, -0.2) is 179 Å². The number of hydrogen-bond donors (Lipinski definition) is 2. The number of esters is 2. The maximum atomic E-state index is 11.7. The highest BCUT2D eigenvalue weighted by atomic mass is 16.5. The van der Waals surface area contributed by atoms with Gasteiger partial charge in [0.15, 0.2) is 0 Å². The van der Waals surface area contributed by atoms with E-state index in [0.717, 1.165) is 143 Å². The van der Waals surface area contributed by atoms with Crippen molar-refractivity contribution in [2.75, 3.05) is 118 Å². The van der Waals surface area contributed by atoms with E-state index in [9.17, 15) is 28.8 Å². The summed E-state index contributed by atoms with van der Waals surface area (Å²) in [7, 11) is 0. The molecule has 0 aliphatic carbocycles. The minimum absolute atomic E-state index is 0.148. The number of carbonyl (C=O) groups excluding carboxylic acids is 5. The predicted molar refractivity (Wildman–Crippen MR) is 261 cm³/mol. The van der Waals surface area contributed by atoms with Crippen LogP contribution in [0.4, 0.5) is 0 Å². The third-order valence-electron chi connectivity index (χ3n) is 11.3. The number of aliphatic hydroxyl groups is 1. The highest BCUT2D eigenvalue weighted by Gasteiger charge is 2.22. The van der Waals surface area contributed by atoms with Gasteiger partial charge in [-0.1, -0.05) is 62.3 Å². The molecule has 16 heteroatoms. The molecule has 3 aliphatic rings. The minimum Gasteiger partial charge on any atom is -0.481 e. The number of carboxylic acids is 1. The summed E-state index contributed by atoms with van der Waals surface area (Å²) in [4.78, 5) is 75.2. The zero-order chi connectivity index (χ0) is 50.6. The molecule has 0 aromatic heterocycles. The quantitative estimate of drug-likeness (QED) is 0.0677. The molecule has 0 aromatic rings. The maximum absolute atomic E-state index is 11.7. The molecule has 3 aliphatic heterocycles. The van der Waals surface area contributed by atoms with Gasteiger partial charge in [-0.25, -0.2) is 0 Å². The summed E-state index contributed by atoms with van der Waals surface area (Å²) >= 11 is 0. The SMILES string of the molecule is CC(C)(C)C(=O)CCCCC(=O)O.CC(C)(C)C(=O)CCCCC(=O)OCCCN1CCOCC1.CC(C)(C)C(=O)CCCCC(=O)OCCCN1CCOCC1.OCCCN1CCOCC1. The average Bonchev–Trinajstić information content (AvgIpc) is 3.28. The zero-order valence-corrected chi connectivity index (χ0v) is 43.6. The van der Waals surface area contributed by atoms with Crippen LogP contribution in [0.15, 0.2) is 0 Å². The molecule has 0 aromatic carbocycles. The van der Waals surface area contributed by atoms with Crippen molar-refractivity contribution in [1.82, 2.24) is 14.7 Å². The van der Waals surface area contributed by atoms with Gasteiger partial charge in [-0.3, -0.25) is 43.5 Å². The predicted octanol–water partition coefficient (Wildman–Crippen LogP) is 6.80. The molecular weight excluding hydrogens is 863 g/mol. The first-order valence-electron chi connectivity index (χ1n) is 25.2. The van der Waals surface area contributed by atoms with E-state index < -0.39 is 5.97 Å². The van der Waals surface area contributed by atoms with Crippen molar-refractivity contribution in [3.8, 4) is 0 Å². The summed E-state index contributed by atoms with van der Waals surface area (Å²) in [5, 5.41) is 16.9. The normalized spacial score (nSPS) is 16.2. The lowest BCUT2D eigenvalue weighted by Gasteiger charge is -2.26. The molecule has 3 saturated heterocycles. The first-order chi connectivity index (χ1) is 31.6. The van der Waals surface area contributed by atoms with Crippen molar-refractivity contribution in [1.29, 1.82) is 0 Å². The van der Waals surface area contributed by atoms with E-state index in [0.29, 0.717) is 64.8 Å². The second kappa shape index (κ2) is 38.0. The summed E-state index contributed by atoms with van der Waals surface area (Å²) in [6, 6.07) is 0. The van der Waals surface area contributed by atoms with Crippen LogP contribution in [0.5, 0.6) is 0 Å². The van der Waals surface area contributed by atoms with Gasteiger partial charge in [-0.2, -0.15) is 0 Å². The number of morpholine rings is 3. The first kappa shape index (κ1) is 64.1. The Morgan fingerprint density at radius 3 is 0.955 bits per heavy atom. The topological polar surface area (TPSA) is 199 Å². The molecule has 2 N–H and O–H groups in total. The second-order valence-corrected chi connectivity index (χ2v) is 20.6. The van der Waals surface area contributed by atoms with E-state index in [4.69, 9.17) is 33.9 Å². The monoisotopic (exact) mass is 958 g/mol. The molecule has 0 unspecified atom stereocenters. The Balaban J connectivity index is 0.000000908. The molecule has 0 radical (unpaired) electrons. The molecule has 392 valence electrons. The Kier molecular flexibility index (Phi) is 36.3. The number of aliphatic hydroxyl groups excluding tert-OH is 1. The molecule has 3 heterocycles. The van der Waals surface area contributed by atoms with Crippen molar-refractivity contribution in [3.63, 3.8) is 0 Å². The molecular formula is C51H95N3O13. The number of ketones is 3. The average molecular weight is 958 g/mol. The molecule has 0 atom stereocenters. The Morgan fingerprint density at radius 1 is 0.418 bits per heavy atom. The van der Waals surface area contributed by atoms with Crippen LogP contribution in [0.25, 0.3) is 0 Å². The van der Waals surface area contributed by atoms with Gasteiger partial charge in [-0.15, -0.1) is 0 Å². The Morgan fingerprint density at radius 2 is 0.687 bits per heavy atom. The van der Waals surface area contributed by atoms with E-state index in [1.165, 1.54) is 0 Å². The smallest absolute Gasteiger partial charge is 0.305 e. The molecule has 0 amide bonds. The zero-order valence-electron chi connectivity index (χ0n) is 43.6. The molecule has 3 rings (SSSR count). The Hall–Kier alpha value is -2.86. The number of aliphatic carboxylic acids is 1. The van der Waals surface area contributed by atoms with Gasteiger partial charge in [0.1, 0.15) is 17.3 Å². The molecule has 3 fully saturated rings. The van der Waals surface area contributed by atoms with Crippen LogP contribution in [0.3, 0.4) is 0 Å². The maximum Gasteiger partial charge on any atom is 0.305 e. The van der Waals surface area contributed by atoms with E-state index in [2.05, 4.69) is 14.7 Å². The first-order valence-corrected chi connectivity index (χ1v) is 25.2. The van der Waals surface area contributed by atoms with Crippen LogP contribution < -0.4 is 0 Å². The molecule has 0 saturated carbocycles. The van der Waals surface area contributed by atoms with Gasteiger partial charge in [0.2, 0.25) is 0 Å². The molecule has 16 nitrogen and oxygen atoms in total. The van der Waals surface area contributed by atoms with Crippen LogP contribution >= 0.6 is 0 Å². The van der Waals surface area contributed by atoms with E-state index >= 15 is 0 Å². The highest BCUT2D eigenvalue weighted by molar-refractivity contribution is 5.84. The Labute approximate surface area is 404 Å². The van der Waals surface area contributed by atoms with Gasteiger partial charge in [-0.05, 0) is 57.8 Å². The molecule has 0 bridgehead atoms. The van der Waals surface area contributed by atoms with Crippen LogP contribution in [-0.2, 0) is 52.5 Å². The number of unbranched alkanes of at least 4 members (excludes halogenated alkanes) is 3. The van der Waals surface area contributed by atoms with Gasteiger partial charge < -0.3 is 33.9 Å². The lowest BCUT2D eigenvalue weighted by molar-refractivity contribution is -0.145. The fourth-order valence-corrected chi connectivity index (χ4v) is 6.66. The lowest BCUT2D eigenvalue weighted by atomic mass is 9.88. The largest absolute Gasteiger partial charge is 0.481 e. The van der Waals surface area contributed by atoms with Crippen molar-refractivity contribution >= 4 is 35.3 Å². The number of carbonyl (C=O) groups is 6. The second-order valence-electron chi connectivity index (χ2n) is 20.6. The third-order valence-corrected chi connectivity index (χ3v) is 11.3. The fraction of sp³-hybridized carbons (Fsp3) is 0.882. The van der Waals surface area contributed by atoms with Crippen LogP contribution in [0, 0.1) is 16.2 Å². The summed E-state index contributed by atoms with van der Waals surface area (Å²) in [6.45, 7) is 32.2. The summed E-state index contributed by atoms with van der Waals surface area (Å²) < 4.78 is 26.2. The number of rotatable bonds is 26. The van der Waals surface area contributed by atoms with E-state index in [1.54, 1.807) is 0 Å². The van der Waals surface area contributed by atoms with Crippen LogP contribution in [0.1, 0.15) is 159 Å². The summed E-state index contributed by atoms with van der Waals surface area (Å²) in [5.41, 5.74) is -0.844. The van der Waals surface area contributed by atoms with E-state index in [-0.39, 0.29) is 52.0 Å². The van der Waals surface area contributed by atoms with Crippen molar-refractivity contribution in [2.45, 2.75) is 159 Å². The number of carboxylic acid groups (broad SMARTS) is 1. The van der Waals surface area contributed by atoms with Crippen molar-refractivity contribution < 1.29 is 62.7 Å². The highest BCUT2D eigenvalue weighted by Crippen LogP contribution is 2.20. The standard InChI is InChI=1S/2C17H31NO4.C10H18O3.C7H15NO2/c2*1-17(2,3)15(19)7-4-5-8-16(20)22-12-6-9-18-10-13-21-14-11-18;1-10(2,3)8(11)6-4-5-7-9(12)13;9-5-1-2-8-3-6-10-7-4-8/h2*4-14H2,1-3H3;4-7H2,1-3H3,(H,12,13);9H,1-7H2. The number of ether oxygens (including phenoxy) is 5. The third kappa shape index (κ3) is 38.7. The van der Waals surface area contributed by atoms with Crippen molar-refractivity contribution in [2.24, 2.45) is 16.2 Å². The fourth-order valence-electron chi connectivity index (χ4n) is 6.66. The molecule has 0 spiro atoms. The van der Waals surface area contributed by atoms with Gasteiger partial charge in [0, 0.05) is 120 Å². The van der Waals surface area contributed by atoms with Crippen molar-refractivity contribution in [3.05, 3.63) is 0 Å². The number of Topliss-reactive ketones (excluding diaryl/α,β-unsaturated/α-hetero) is 3. The van der Waals surface area contributed by atoms with Gasteiger partial charge >= 0.3 is 17.9 Å². The number of nitrogens with zero attached hydrogens (tertiary/aromatic N) is 3. The lowest BCUT2D eigenvalue weighted by Crippen LogP contribution is -2.37. The Bertz CT molecular complexity index is 1270. The van der Waals surface area contributed by atoms with Gasteiger partial charge in [0.25, 0.3) is 0 Å². The number of hydrogen-bond acceptors (Lipinski definition) is 15.